The quantitative estimate of drug-likeness (QED) is 0.0488. The molecule has 138 heavy (non-hydrogen) atoms. The minimum atomic E-state index is -2.96. The highest BCUT2D eigenvalue weighted by Gasteiger charge is 2.47. The molecule has 0 spiro atoms. The van der Waals surface area contributed by atoms with E-state index in [4.69, 9.17) is 6.57 Å². The number of nitriles is 2. The number of benzene rings is 21. The van der Waals surface area contributed by atoms with Crippen molar-refractivity contribution in [1.29, 1.82) is 10.5 Å². The zero-order valence-electron chi connectivity index (χ0n) is 75.6. The van der Waals surface area contributed by atoms with Crippen LogP contribution >= 0.6 is 0 Å². The number of fused-ring (bicyclic) bond motifs is 9. The Hall–Kier alpha value is -17.9. The zero-order valence-corrected chi connectivity index (χ0v) is 78.6. The Morgan fingerprint density at radius 2 is 0.435 bits per heavy atom. The van der Waals surface area contributed by atoms with Crippen LogP contribution in [0.25, 0.3) is 121 Å². The van der Waals surface area contributed by atoms with Crippen LogP contribution in [0.4, 0.5) is 5.69 Å². The van der Waals surface area contributed by atoms with Crippen molar-refractivity contribution in [3.05, 3.63) is 569 Å². The van der Waals surface area contributed by atoms with Crippen molar-refractivity contribution in [2.45, 2.75) is 0 Å². The summed E-state index contributed by atoms with van der Waals surface area (Å²) in [6, 6.07) is 199. The highest BCUT2D eigenvalue weighted by atomic mass is 28.3. The van der Waals surface area contributed by atoms with E-state index in [-0.39, 0.29) is 0 Å². The van der Waals surface area contributed by atoms with Gasteiger partial charge >= 0.3 is 0 Å². The first kappa shape index (κ1) is 85.6. The third-order valence-electron chi connectivity index (χ3n) is 27.6. The molecule has 6 nitrogen and oxygen atoms in total. The molecule has 0 N–H and O–H groups in total. The van der Waals surface area contributed by atoms with Gasteiger partial charge in [0.1, 0.15) is 0 Å². The number of rotatable bonds is 18. The van der Waals surface area contributed by atoms with Gasteiger partial charge in [-0.3, -0.25) is 0 Å². The van der Waals surface area contributed by atoms with E-state index in [2.05, 4.69) is 558 Å². The third-order valence-corrected chi connectivity index (χ3v) is 42.1. The van der Waals surface area contributed by atoms with Crippen molar-refractivity contribution in [2.75, 3.05) is 0 Å². The molecule has 0 fully saturated rings. The molecule has 0 aliphatic carbocycles. The molecule has 648 valence electrons. The van der Waals surface area contributed by atoms with Crippen LogP contribution in [0, 0.1) is 29.2 Å². The summed E-state index contributed by atoms with van der Waals surface area (Å²) in [6.45, 7) is 8.31. The summed E-state index contributed by atoms with van der Waals surface area (Å²) < 4.78 is 7.02. The fourth-order valence-electron chi connectivity index (χ4n) is 21.6. The third kappa shape index (κ3) is 15.1. The normalized spacial score (nSPS) is 11.5. The molecule has 0 unspecified atom stereocenters. The second-order valence-electron chi connectivity index (χ2n) is 34.8. The van der Waals surface area contributed by atoms with Gasteiger partial charge in [0.2, 0.25) is 0 Å². The maximum absolute atomic E-state index is 10.7. The maximum atomic E-state index is 10.7. The predicted molar refractivity (Wildman–Crippen MR) is 585 cm³/mol. The van der Waals surface area contributed by atoms with Gasteiger partial charge in [-0.05, 0) is 181 Å². The molecule has 9 heteroatoms. The van der Waals surface area contributed by atoms with Crippen LogP contribution in [0.5, 0.6) is 0 Å². The Morgan fingerprint density at radius 3 is 0.717 bits per heavy atom. The molecular weight excluding hydrogens is 1720 g/mol. The lowest BCUT2D eigenvalue weighted by Gasteiger charge is -2.36. The number of para-hydroxylation sites is 6. The van der Waals surface area contributed by atoms with Crippen molar-refractivity contribution >= 4 is 158 Å². The van der Waals surface area contributed by atoms with Gasteiger partial charge < -0.3 is 13.7 Å². The Kier molecular flexibility index (Phi) is 23.4. The molecule has 0 bridgehead atoms. The number of nitrogens with zero attached hydrogens (tertiary/aromatic N) is 6. The lowest BCUT2D eigenvalue weighted by Crippen LogP contribution is -2.75. The van der Waals surface area contributed by atoms with E-state index < -0.39 is 24.2 Å². The Balaban J connectivity index is 0.000000119. The Bertz CT molecular complexity index is 8210. The van der Waals surface area contributed by atoms with Crippen LogP contribution in [0.3, 0.4) is 0 Å². The highest BCUT2D eigenvalue weighted by molar-refractivity contribution is 7.22. The molecule has 24 rings (SSSR count). The van der Waals surface area contributed by atoms with Crippen molar-refractivity contribution in [2.24, 2.45) is 0 Å². The van der Waals surface area contributed by atoms with E-state index in [0.29, 0.717) is 16.8 Å². The minimum absolute atomic E-state index is 0.703. The average molecular weight is 1810 g/mol. The number of aromatic nitrogens is 3. The molecule has 21 aromatic carbocycles. The van der Waals surface area contributed by atoms with E-state index in [9.17, 15) is 10.5 Å². The Morgan fingerprint density at radius 1 is 0.196 bits per heavy atom. The van der Waals surface area contributed by atoms with Crippen molar-refractivity contribution < 1.29 is 0 Å². The first-order valence-electron chi connectivity index (χ1n) is 46.8. The maximum Gasteiger partial charge on any atom is 0.187 e. The van der Waals surface area contributed by atoms with Crippen LogP contribution in [-0.2, 0) is 0 Å². The summed E-state index contributed by atoms with van der Waals surface area (Å²) in [5.41, 5.74) is 19.2. The molecular formula is C129H90N6Si3. The standard InChI is InChI=1S/3C43H30N2Si/c1-44-40-30-27-33(32-25-28-34(29-26-32)45-41-23-13-11-21-38(41)39-22-12-14-24-42(39)45)31-43(40)46(35-15-5-2-6-16-35,36-17-7-3-8-18-36)37-19-9-4-10-20-37;44-31-33-15-14-24-38(32-27-29-34(30-28-32)45-41-25-12-10-22-39(41)40-23-11-13-26-42(40)45)43(33)46(35-16-4-1-5-17-35,36-18-6-2-7-19-36)37-20-8-3-9-21-37;44-31-34-30-33(32-24-27-35(28-25-32)45-41-22-12-10-20-39(41)40-21-11-13-23-42(40)45)26-29-43(34)46(36-14-4-1-5-15-36,37-16-6-2-7-17-37)38-18-8-3-9-19-38/h2-31H;2*1-30H. The lowest BCUT2D eigenvalue weighted by atomic mass is 10.0. The minimum Gasteiger partial charge on any atom is -0.309 e. The van der Waals surface area contributed by atoms with Crippen molar-refractivity contribution in [3.8, 4) is 62.6 Å². The zero-order chi connectivity index (χ0) is 92.8. The van der Waals surface area contributed by atoms with Gasteiger partial charge in [-0.25, -0.2) is 4.85 Å². The molecule has 0 aliphatic heterocycles. The molecule has 0 amide bonds. The van der Waals surface area contributed by atoms with Crippen LogP contribution in [0.15, 0.2) is 546 Å². The average Bonchev–Trinajstić information content (AvgIpc) is 1.17. The molecule has 3 aromatic heterocycles. The van der Waals surface area contributed by atoms with Gasteiger partial charge in [0.15, 0.2) is 29.9 Å². The SMILES string of the molecule is N#Cc1cc(-c2ccc(-n3c4ccccc4c4ccccc43)cc2)ccc1[Si](c1ccccc1)(c1ccccc1)c1ccccc1.N#Cc1cccc(-c2ccc(-n3c4ccccc4c4ccccc43)cc2)c1[Si](c1ccccc1)(c1ccccc1)c1ccccc1.[C-]#[N+]c1ccc(-c2ccc(-n3c4ccccc4c4ccccc43)cc2)cc1[Si](c1ccccc1)(c1ccccc1)c1ccccc1. The van der Waals surface area contributed by atoms with E-state index in [1.807, 2.05) is 18.2 Å². The van der Waals surface area contributed by atoms with Gasteiger partial charge in [-0.1, -0.05) is 461 Å². The summed E-state index contributed by atoms with van der Waals surface area (Å²) in [5, 5.41) is 43.6. The molecule has 0 atom stereocenters. The summed E-state index contributed by atoms with van der Waals surface area (Å²) in [6.07, 6.45) is 0. The lowest BCUT2D eigenvalue weighted by molar-refractivity contribution is 1.18. The first-order chi connectivity index (χ1) is 68.4. The van der Waals surface area contributed by atoms with Gasteiger partial charge in [-0.15, -0.1) is 0 Å². The second kappa shape index (κ2) is 37.7. The van der Waals surface area contributed by atoms with E-state index in [0.717, 1.165) is 66.0 Å². The van der Waals surface area contributed by atoms with E-state index >= 15 is 0 Å². The smallest absolute Gasteiger partial charge is 0.187 e. The van der Waals surface area contributed by atoms with Crippen molar-refractivity contribution in [1.82, 2.24) is 13.7 Å². The summed E-state index contributed by atoms with van der Waals surface area (Å²) in [5.74, 6) is 0. The van der Waals surface area contributed by atoms with Gasteiger partial charge in [0, 0.05) is 49.4 Å². The van der Waals surface area contributed by atoms with Gasteiger partial charge in [0.05, 0.1) is 62.9 Å². The molecule has 3 heterocycles. The highest BCUT2D eigenvalue weighted by Crippen LogP contribution is 2.38. The topological polar surface area (TPSA) is 66.7 Å². The van der Waals surface area contributed by atoms with Crippen LogP contribution < -0.4 is 62.2 Å². The molecule has 0 aliphatic rings. The Labute approximate surface area is 806 Å². The number of hydrogen-bond acceptors (Lipinski definition) is 2. The van der Waals surface area contributed by atoms with Crippen LogP contribution in [0.1, 0.15) is 11.1 Å². The molecule has 24 aromatic rings. The van der Waals surface area contributed by atoms with Crippen molar-refractivity contribution in [3.63, 3.8) is 0 Å². The predicted octanol–water partition coefficient (Wildman–Crippen LogP) is 23.8. The number of hydrogen-bond donors (Lipinski definition) is 0. The van der Waals surface area contributed by atoms with E-state index in [1.54, 1.807) is 0 Å². The molecule has 0 radical (unpaired) electrons. The fraction of sp³-hybridized carbons (Fsp3) is 0. The van der Waals surface area contributed by atoms with E-state index in [1.165, 1.54) is 112 Å². The second-order valence-corrected chi connectivity index (χ2v) is 46.1. The fourth-order valence-corrected chi connectivity index (χ4v) is 36.5. The molecule has 0 saturated carbocycles. The van der Waals surface area contributed by atoms with Gasteiger partial charge in [-0.2, -0.15) is 10.5 Å². The van der Waals surface area contributed by atoms with Crippen LogP contribution in [-0.4, -0.2) is 37.9 Å². The first-order valence-corrected chi connectivity index (χ1v) is 52.8. The largest absolute Gasteiger partial charge is 0.309 e. The summed E-state index contributed by atoms with van der Waals surface area (Å²) >= 11 is 0. The van der Waals surface area contributed by atoms with Crippen LogP contribution in [0.2, 0.25) is 0 Å². The summed E-state index contributed by atoms with van der Waals surface area (Å²) in [7, 11) is -8.64. The summed E-state index contributed by atoms with van der Waals surface area (Å²) in [4.78, 5) is 4.13. The monoisotopic (exact) mass is 1810 g/mol. The van der Waals surface area contributed by atoms with Gasteiger partial charge in [0.25, 0.3) is 0 Å². The molecule has 0 saturated heterocycles.